The number of nitrogens with one attached hydrogen (secondary N) is 1. The lowest BCUT2D eigenvalue weighted by Gasteiger charge is -2.31. The minimum atomic E-state index is -3.41. The molecule has 0 spiro atoms. The second kappa shape index (κ2) is 7.55. The second-order valence-electron chi connectivity index (χ2n) is 8.56. The number of halogens is 1. The van der Waals surface area contributed by atoms with E-state index in [2.05, 4.69) is 5.32 Å². The summed E-state index contributed by atoms with van der Waals surface area (Å²) >= 11 is 0. The third-order valence-electron chi connectivity index (χ3n) is 6.20. The molecule has 5 rings (SSSR count). The predicted molar refractivity (Wildman–Crippen MR) is 123 cm³/mol. The Morgan fingerprint density at radius 1 is 1.24 bits per heavy atom. The zero-order chi connectivity index (χ0) is 23.5. The van der Waals surface area contributed by atoms with Crippen LogP contribution in [0.4, 0.5) is 4.39 Å². The lowest BCUT2D eigenvalue weighted by molar-refractivity contribution is 0.0788. The van der Waals surface area contributed by atoms with Crippen LogP contribution in [-0.2, 0) is 16.9 Å². The monoisotopic (exact) mass is 467 g/mol. The van der Waals surface area contributed by atoms with Crippen molar-refractivity contribution in [3.8, 4) is 0 Å². The van der Waals surface area contributed by atoms with E-state index < -0.39 is 27.6 Å². The summed E-state index contributed by atoms with van der Waals surface area (Å²) in [6.45, 7) is 0.505. The number of carbonyl (C=O) groups is 1. The van der Waals surface area contributed by atoms with E-state index in [1.807, 2.05) is 0 Å². The third kappa shape index (κ3) is 3.52. The number of aryl methyl sites for hydroxylation is 1. The number of hydrogen-bond donors (Lipinski definition) is 1. The van der Waals surface area contributed by atoms with Crippen LogP contribution in [-0.4, -0.2) is 48.4 Å². The van der Waals surface area contributed by atoms with Crippen molar-refractivity contribution in [2.45, 2.75) is 12.5 Å². The molecule has 0 saturated carbocycles. The summed E-state index contributed by atoms with van der Waals surface area (Å²) in [5, 5.41) is 3.31. The van der Waals surface area contributed by atoms with Gasteiger partial charge in [-0.15, -0.1) is 0 Å². The van der Waals surface area contributed by atoms with Crippen LogP contribution in [0.15, 0.2) is 64.7 Å². The van der Waals surface area contributed by atoms with Crippen LogP contribution in [0.3, 0.4) is 0 Å². The maximum Gasteiger partial charge on any atom is 0.261 e. The number of rotatable bonds is 3. The maximum absolute atomic E-state index is 14.4. The smallest absolute Gasteiger partial charge is 0.261 e. The summed E-state index contributed by atoms with van der Waals surface area (Å²) in [6, 6.07) is 7.17. The van der Waals surface area contributed by atoms with E-state index in [9.17, 15) is 22.4 Å². The van der Waals surface area contributed by atoms with Gasteiger partial charge in [-0.05, 0) is 47.4 Å². The Morgan fingerprint density at radius 3 is 2.73 bits per heavy atom. The molecular weight excluding hydrogens is 445 g/mol. The van der Waals surface area contributed by atoms with E-state index in [-0.39, 0.29) is 16.9 Å². The summed E-state index contributed by atoms with van der Waals surface area (Å²) in [7, 11) is -1.77. The van der Waals surface area contributed by atoms with E-state index >= 15 is 0 Å². The molecule has 1 aromatic carbocycles. The van der Waals surface area contributed by atoms with Crippen LogP contribution in [0, 0.1) is 5.82 Å². The first-order chi connectivity index (χ1) is 15.7. The average Bonchev–Trinajstić information content (AvgIpc) is 3.06. The van der Waals surface area contributed by atoms with Gasteiger partial charge in [-0.1, -0.05) is 12.1 Å². The van der Waals surface area contributed by atoms with Crippen LogP contribution in [0.5, 0.6) is 0 Å². The Morgan fingerprint density at radius 2 is 2.00 bits per heavy atom. The number of amides is 1. The molecule has 3 heterocycles. The number of pyridine rings is 1. The van der Waals surface area contributed by atoms with Crippen LogP contribution in [0.25, 0.3) is 11.3 Å². The molecule has 2 aromatic rings. The van der Waals surface area contributed by atoms with Crippen molar-refractivity contribution in [3.63, 3.8) is 0 Å². The number of benzene rings is 1. The van der Waals surface area contributed by atoms with Gasteiger partial charge in [-0.25, -0.2) is 12.8 Å². The molecular formula is C24H22FN3O4S. The molecule has 1 amide bonds. The molecule has 1 unspecified atom stereocenters. The van der Waals surface area contributed by atoms with E-state index in [1.165, 1.54) is 27.7 Å². The number of aromatic nitrogens is 1. The summed E-state index contributed by atoms with van der Waals surface area (Å²) < 4.78 is 40.2. The number of hydrogen-bond acceptors (Lipinski definition) is 5. The highest BCUT2D eigenvalue weighted by Gasteiger charge is 2.41. The Labute approximate surface area is 190 Å². The first kappa shape index (κ1) is 21.4. The molecule has 33 heavy (non-hydrogen) atoms. The standard InChI is InChI=1S/C24H22FN3O4S/c1-27-10-8-16-15(13-33(2,31)32)11-14-12-28(23(29)17-5-3-4-6-18(17)25)19-7-9-26-22(20(14)19)21(16)24(27)30/h3-6,8,10-12,19,26H,7,9,13H2,1-2H3. The molecule has 1 aliphatic carbocycles. The van der Waals surface area contributed by atoms with E-state index in [4.69, 9.17) is 0 Å². The van der Waals surface area contributed by atoms with Crippen LogP contribution in [0.2, 0.25) is 0 Å². The fraction of sp³-hybridized carbons (Fsp3) is 0.250. The fourth-order valence-electron chi connectivity index (χ4n) is 4.78. The topological polar surface area (TPSA) is 88.5 Å². The number of sulfone groups is 1. The van der Waals surface area contributed by atoms with Crippen molar-refractivity contribution in [2.24, 2.45) is 7.05 Å². The van der Waals surface area contributed by atoms with Gasteiger partial charge in [-0.3, -0.25) is 9.59 Å². The fourth-order valence-corrected chi connectivity index (χ4v) is 5.59. The van der Waals surface area contributed by atoms with Gasteiger partial charge in [0.05, 0.1) is 28.6 Å². The Hall–Kier alpha value is -3.46. The van der Waals surface area contributed by atoms with Gasteiger partial charge in [-0.2, -0.15) is 0 Å². The van der Waals surface area contributed by atoms with Crippen molar-refractivity contribution < 1.29 is 17.6 Å². The molecule has 170 valence electrons. The van der Waals surface area contributed by atoms with Gasteiger partial charge >= 0.3 is 0 Å². The number of fused-ring (bicyclic) bond motifs is 2. The summed E-state index contributed by atoms with van der Waals surface area (Å²) in [5.41, 5.74) is 3.11. The zero-order valence-corrected chi connectivity index (χ0v) is 18.9. The molecule has 0 radical (unpaired) electrons. The number of carbonyl (C=O) groups excluding carboxylic acids is 1. The molecule has 9 heteroatoms. The lowest BCUT2D eigenvalue weighted by atomic mass is 9.92. The van der Waals surface area contributed by atoms with Crippen LogP contribution in [0.1, 0.15) is 27.9 Å². The summed E-state index contributed by atoms with van der Waals surface area (Å²) in [4.78, 5) is 28.0. The van der Waals surface area contributed by atoms with E-state index in [0.717, 1.165) is 11.8 Å². The van der Waals surface area contributed by atoms with Crippen molar-refractivity contribution in [1.82, 2.24) is 14.8 Å². The van der Waals surface area contributed by atoms with Crippen molar-refractivity contribution in [2.75, 3.05) is 18.6 Å². The SMILES string of the molecule is Cn1ccc2c(c1=O)C1=C3C(=CN(C(=O)c4ccccc4F)C3CCN1)C=C2CS(C)(=O)=O. The average molecular weight is 468 g/mol. The Balaban J connectivity index is 1.74. The van der Waals surface area contributed by atoms with Gasteiger partial charge in [0.15, 0.2) is 9.84 Å². The first-order valence-corrected chi connectivity index (χ1v) is 12.6. The number of allylic oxidation sites excluding steroid dienone is 1. The van der Waals surface area contributed by atoms with Crippen molar-refractivity contribution >= 4 is 27.0 Å². The Bertz CT molecular complexity index is 1470. The quantitative estimate of drug-likeness (QED) is 0.747. The van der Waals surface area contributed by atoms with Crippen molar-refractivity contribution in [1.29, 1.82) is 0 Å². The summed E-state index contributed by atoms with van der Waals surface area (Å²) in [5.74, 6) is -1.34. The van der Waals surface area contributed by atoms with Crippen molar-refractivity contribution in [3.05, 3.63) is 92.8 Å². The molecule has 1 atom stereocenters. The first-order valence-electron chi connectivity index (χ1n) is 10.5. The van der Waals surface area contributed by atoms with Gasteiger partial charge in [0.25, 0.3) is 11.5 Å². The maximum atomic E-state index is 14.4. The van der Waals surface area contributed by atoms with Gasteiger partial charge < -0.3 is 14.8 Å². The molecule has 1 aromatic heterocycles. The normalized spacial score (nSPS) is 19.2. The largest absolute Gasteiger partial charge is 0.384 e. The highest BCUT2D eigenvalue weighted by molar-refractivity contribution is 7.91. The minimum absolute atomic E-state index is 0.0388. The Kier molecular flexibility index (Phi) is 4.89. The highest BCUT2D eigenvalue weighted by atomic mass is 32.2. The van der Waals surface area contributed by atoms with Gasteiger partial charge in [0.2, 0.25) is 0 Å². The third-order valence-corrected chi connectivity index (χ3v) is 7.03. The molecule has 1 N–H and O–H groups in total. The molecule has 2 aliphatic heterocycles. The van der Waals surface area contributed by atoms with Crippen LogP contribution >= 0.6 is 0 Å². The number of nitrogens with zero attached hydrogens (tertiary/aromatic N) is 2. The van der Waals surface area contributed by atoms with Gasteiger partial charge in [0.1, 0.15) is 5.82 Å². The minimum Gasteiger partial charge on any atom is -0.384 e. The molecule has 0 fully saturated rings. The highest BCUT2D eigenvalue weighted by Crippen LogP contribution is 2.43. The second-order valence-corrected chi connectivity index (χ2v) is 10.7. The predicted octanol–water partition coefficient (Wildman–Crippen LogP) is 2.08. The van der Waals surface area contributed by atoms with Gasteiger partial charge in [0, 0.05) is 37.8 Å². The zero-order valence-electron chi connectivity index (χ0n) is 18.1. The molecule has 0 saturated heterocycles. The molecule has 0 bridgehead atoms. The molecule has 7 nitrogen and oxygen atoms in total. The molecule has 3 aliphatic rings. The van der Waals surface area contributed by atoms with Crippen LogP contribution < -0.4 is 10.9 Å². The summed E-state index contributed by atoms with van der Waals surface area (Å²) in [6.07, 6.45) is 6.70. The van der Waals surface area contributed by atoms with E-state index in [0.29, 0.717) is 40.9 Å². The lowest BCUT2D eigenvalue weighted by Crippen LogP contribution is -2.41. The van der Waals surface area contributed by atoms with E-state index in [1.54, 1.807) is 37.7 Å².